The minimum atomic E-state index is -4.59. The first-order chi connectivity index (χ1) is 11.6. The number of aromatic nitrogens is 1. The molecule has 1 atom stereocenters. The van der Waals surface area contributed by atoms with E-state index in [1.54, 1.807) is 6.92 Å². The fourth-order valence-corrected chi connectivity index (χ4v) is 5.03. The van der Waals surface area contributed by atoms with Gasteiger partial charge in [-0.25, -0.2) is 8.42 Å². The van der Waals surface area contributed by atoms with Crippen molar-refractivity contribution in [3.05, 3.63) is 35.7 Å². The Labute approximate surface area is 143 Å². The van der Waals surface area contributed by atoms with Gasteiger partial charge in [-0.1, -0.05) is 0 Å². The van der Waals surface area contributed by atoms with Gasteiger partial charge in [-0.15, -0.1) is 0 Å². The smallest absolute Gasteiger partial charge is 0.314 e. The molecule has 0 saturated carbocycles. The molecule has 2 heterocycles. The number of fused-ring (bicyclic) bond motifs is 1. The number of hydrogen-bond acceptors (Lipinski definition) is 4. The van der Waals surface area contributed by atoms with E-state index in [4.69, 9.17) is 0 Å². The van der Waals surface area contributed by atoms with Crippen molar-refractivity contribution in [2.24, 2.45) is 0 Å². The van der Waals surface area contributed by atoms with Gasteiger partial charge in [0.2, 0.25) is 10.0 Å². The molecule has 1 fully saturated rings. The van der Waals surface area contributed by atoms with Crippen molar-refractivity contribution < 1.29 is 21.6 Å². The lowest BCUT2D eigenvalue weighted by atomic mass is 10.0. The number of benzene rings is 1. The number of nitrogens with zero attached hydrogens (tertiary/aromatic N) is 2. The molecule has 5 nitrogen and oxygen atoms in total. The third kappa shape index (κ3) is 3.11. The molecule has 9 heteroatoms. The quantitative estimate of drug-likeness (QED) is 0.879. The summed E-state index contributed by atoms with van der Waals surface area (Å²) in [7, 11) is -3.92. The third-order valence-corrected chi connectivity index (χ3v) is 6.48. The number of piperazine rings is 1. The van der Waals surface area contributed by atoms with Crippen LogP contribution in [0.3, 0.4) is 0 Å². The van der Waals surface area contributed by atoms with Crippen molar-refractivity contribution in [3.8, 4) is 0 Å². The third-order valence-electron chi connectivity index (χ3n) is 4.41. The topological polar surface area (TPSA) is 62.3 Å². The van der Waals surface area contributed by atoms with E-state index < -0.39 is 21.8 Å². The summed E-state index contributed by atoms with van der Waals surface area (Å²) in [4.78, 5) is 3.80. The maximum absolute atomic E-state index is 13.3. The molecule has 1 aliphatic heterocycles. The van der Waals surface area contributed by atoms with Crippen LogP contribution in [-0.2, 0) is 16.2 Å². The van der Waals surface area contributed by atoms with Crippen molar-refractivity contribution in [2.45, 2.75) is 31.0 Å². The molecule has 1 aromatic carbocycles. The number of rotatable bonds is 2. The van der Waals surface area contributed by atoms with Crippen LogP contribution in [0.1, 0.15) is 18.2 Å². The van der Waals surface area contributed by atoms with Gasteiger partial charge in [0.25, 0.3) is 0 Å². The lowest BCUT2D eigenvalue weighted by Crippen LogP contribution is -2.52. The average molecular weight is 373 g/mol. The van der Waals surface area contributed by atoms with E-state index >= 15 is 0 Å². The molecule has 25 heavy (non-hydrogen) atoms. The van der Waals surface area contributed by atoms with Crippen molar-refractivity contribution >= 4 is 20.8 Å². The van der Waals surface area contributed by atoms with E-state index in [0.29, 0.717) is 13.1 Å². The Morgan fingerprint density at radius 3 is 2.64 bits per heavy atom. The summed E-state index contributed by atoms with van der Waals surface area (Å²) in [5, 5.41) is 2.98. The Morgan fingerprint density at radius 2 is 2.00 bits per heavy atom. The average Bonchev–Trinajstić information content (AvgIpc) is 2.53. The van der Waals surface area contributed by atoms with Crippen LogP contribution in [0.2, 0.25) is 0 Å². The zero-order valence-electron chi connectivity index (χ0n) is 13.8. The molecule has 3 rings (SSSR count). The second kappa shape index (κ2) is 6.22. The fraction of sp³-hybridized carbons (Fsp3) is 0.438. The normalized spacial score (nSPS) is 20.1. The van der Waals surface area contributed by atoms with Gasteiger partial charge in [-0.2, -0.15) is 17.5 Å². The largest absolute Gasteiger partial charge is 0.417 e. The van der Waals surface area contributed by atoms with Gasteiger partial charge in [0.1, 0.15) is 0 Å². The Balaban J connectivity index is 2.26. The Kier molecular flexibility index (Phi) is 4.50. The molecule has 1 unspecified atom stereocenters. The van der Waals surface area contributed by atoms with Crippen LogP contribution in [-0.4, -0.2) is 43.4 Å². The van der Waals surface area contributed by atoms with Gasteiger partial charge in [-0.3, -0.25) is 4.98 Å². The maximum atomic E-state index is 13.3. The number of nitrogens with one attached hydrogen (secondary N) is 1. The van der Waals surface area contributed by atoms with E-state index in [1.165, 1.54) is 23.5 Å². The molecule has 0 spiro atoms. The van der Waals surface area contributed by atoms with Crippen molar-refractivity contribution in [1.82, 2.24) is 14.6 Å². The van der Waals surface area contributed by atoms with E-state index in [9.17, 15) is 21.6 Å². The molecule has 1 saturated heterocycles. The summed E-state index contributed by atoms with van der Waals surface area (Å²) in [5.41, 5.74) is -0.726. The van der Waals surface area contributed by atoms with Gasteiger partial charge >= 0.3 is 6.18 Å². The first kappa shape index (κ1) is 18.1. The first-order valence-electron chi connectivity index (χ1n) is 7.82. The number of pyridine rings is 1. The monoisotopic (exact) mass is 373 g/mol. The predicted octanol–water partition coefficient (Wildman–Crippen LogP) is 2.54. The predicted molar refractivity (Wildman–Crippen MR) is 87.7 cm³/mol. The van der Waals surface area contributed by atoms with Crippen LogP contribution in [0.4, 0.5) is 13.2 Å². The molecular weight excluding hydrogens is 355 g/mol. The molecule has 136 valence electrons. The molecule has 1 aromatic heterocycles. The zero-order valence-corrected chi connectivity index (χ0v) is 14.6. The Hall–Kier alpha value is -1.71. The summed E-state index contributed by atoms with van der Waals surface area (Å²) < 4.78 is 67.5. The van der Waals surface area contributed by atoms with Crippen LogP contribution >= 0.6 is 0 Å². The minimum Gasteiger partial charge on any atom is -0.314 e. The Bertz CT molecular complexity index is 913. The molecular formula is C16H18F3N3O2S. The zero-order chi connectivity index (χ0) is 18.4. The van der Waals surface area contributed by atoms with E-state index in [0.717, 1.165) is 12.1 Å². The highest BCUT2D eigenvalue weighted by Crippen LogP contribution is 2.38. The maximum Gasteiger partial charge on any atom is 0.417 e. The van der Waals surface area contributed by atoms with E-state index in [-0.39, 0.29) is 33.9 Å². The van der Waals surface area contributed by atoms with Crippen LogP contribution in [0.15, 0.2) is 29.3 Å². The highest BCUT2D eigenvalue weighted by atomic mass is 32.2. The van der Waals surface area contributed by atoms with Crippen LogP contribution in [0.5, 0.6) is 0 Å². The molecule has 1 N–H and O–H groups in total. The van der Waals surface area contributed by atoms with Crippen molar-refractivity contribution in [2.75, 3.05) is 19.6 Å². The minimum absolute atomic E-state index is 0.0491. The van der Waals surface area contributed by atoms with Gasteiger partial charge in [-0.05, 0) is 32.0 Å². The van der Waals surface area contributed by atoms with Crippen LogP contribution < -0.4 is 5.32 Å². The van der Waals surface area contributed by atoms with Crippen molar-refractivity contribution in [3.63, 3.8) is 0 Å². The molecule has 0 radical (unpaired) electrons. The summed E-state index contributed by atoms with van der Waals surface area (Å²) in [5.74, 6) is 0. The highest BCUT2D eigenvalue weighted by molar-refractivity contribution is 7.89. The number of halogens is 3. The van der Waals surface area contributed by atoms with Gasteiger partial charge in [0.15, 0.2) is 0 Å². The number of hydrogen-bond donors (Lipinski definition) is 1. The van der Waals surface area contributed by atoms with Gasteiger partial charge < -0.3 is 5.32 Å². The summed E-state index contributed by atoms with van der Waals surface area (Å²) in [6.45, 7) is 4.49. The first-order valence-corrected chi connectivity index (χ1v) is 9.26. The van der Waals surface area contributed by atoms with Gasteiger partial charge in [0.05, 0.1) is 10.5 Å². The lowest BCUT2D eigenvalue weighted by molar-refractivity contribution is -0.136. The second-order valence-corrected chi connectivity index (χ2v) is 7.96. The van der Waals surface area contributed by atoms with Crippen LogP contribution in [0, 0.1) is 6.92 Å². The SMILES string of the molecule is Cc1nccc2c(S(=O)(=O)N3CCNCC3C)ccc(C(F)(F)F)c12. The number of aryl methyl sites for hydroxylation is 1. The number of sulfonamides is 1. The molecule has 0 amide bonds. The summed E-state index contributed by atoms with van der Waals surface area (Å²) in [6, 6.07) is 2.93. The molecule has 2 aromatic rings. The Morgan fingerprint density at radius 1 is 1.28 bits per heavy atom. The molecule has 0 aliphatic carbocycles. The lowest BCUT2D eigenvalue weighted by Gasteiger charge is -2.33. The number of alkyl halides is 3. The molecule has 1 aliphatic rings. The van der Waals surface area contributed by atoms with E-state index in [1.807, 2.05) is 0 Å². The standard InChI is InChI=1S/C16H18F3N3O2S/c1-10-9-20-7-8-22(10)25(23,24)14-4-3-13(16(17,18)19)15-11(2)21-6-5-12(14)15/h3-6,10,20H,7-9H2,1-2H3. The van der Waals surface area contributed by atoms with Crippen LogP contribution in [0.25, 0.3) is 10.8 Å². The van der Waals surface area contributed by atoms with Crippen molar-refractivity contribution in [1.29, 1.82) is 0 Å². The second-order valence-electron chi connectivity index (χ2n) is 6.10. The molecule has 0 bridgehead atoms. The highest BCUT2D eigenvalue weighted by Gasteiger charge is 2.37. The van der Waals surface area contributed by atoms with Gasteiger partial charge in [0, 0.05) is 48.3 Å². The summed E-state index contributed by atoms with van der Waals surface area (Å²) in [6.07, 6.45) is -3.26. The fourth-order valence-electron chi connectivity index (χ4n) is 3.21. The summed E-state index contributed by atoms with van der Waals surface area (Å²) >= 11 is 0. The van der Waals surface area contributed by atoms with E-state index in [2.05, 4.69) is 10.3 Å².